The lowest BCUT2D eigenvalue weighted by Gasteiger charge is -2.51. The van der Waals surface area contributed by atoms with Gasteiger partial charge in [-0.05, 0) is 13.3 Å². The lowest BCUT2D eigenvalue weighted by Crippen LogP contribution is -2.69. The van der Waals surface area contributed by atoms with Crippen LogP contribution in [0.5, 0.6) is 0 Å². The highest BCUT2D eigenvalue weighted by Crippen LogP contribution is 2.37. The predicted octanol–water partition coefficient (Wildman–Crippen LogP) is 1.92. The minimum Gasteiger partial charge on any atom is -0.388 e. The summed E-state index contributed by atoms with van der Waals surface area (Å²) >= 11 is 0. The first kappa shape index (κ1) is 31.3. The van der Waals surface area contributed by atoms with Gasteiger partial charge in [-0.25, -0.2) is 0 Å². The van der Waals surface area contributed by atoms with Gasteiger partial charge in [0, 0.05) is 19.1 Å². The molecule has 1 amide bonds. The number of rotatable bonds is 12. The molecule has 11 atom stereocenters. The first-order valence-electron chi connectivity index (χ1n) is 14.5. The zero-order valence-corrected chi connectivity index (χ0v) is 23.6. The van der Waals surface area contributed by atoms with E-state index < -0.39 is 67.6 Å². The standard InChI is InChI=1S/C29H45NO10/c1-4-5-6-7-8-12-15-35-28-21(30-18(3)31)26(40-29-24(34)23(33)22(32)17(2)37-29)25-20(38-28)16-36-27(39-25)19-13-10-9-11-14-19/h9-11,13-14,17,20-29,32-34H,4-8,12,15-16H2,1-3H3,(H,30,31)/t17-,20+,21+,22+,23+,24-,25+,26+,27+,28+,29-/m0/s1. The fourth-order valence-electron chi connectivity index (χ4n) is 5.41. The molecule has 11 nitrogen and oxygen atoms in total. The Bertz CT molecular complexity index is 906. The van der Waals surface area contributed by atoms with Gasteiger partial charge in [0.05, 0.1) is 12.7 Å². The molecule has 4 rings (SSSR count). The molecule has 0 aliphatic carbocycles. The maximum absolute atomic E-state index is 12.3. The molecular formula is C29H45NO10. The molecule has 0 radical (unpaired) electrons. The molecule has 3 aliphatic heterocycles. The van der Waals surface area contributed by atoms with Gasteiger partial charge in [0.15, 0.2) is 18.9 Å². The van der Waals surface area contributed by atoms with Crippen molar-refractivity contribution in [2.75, 3.05) is 13.2 Å². The maximum Gasteiger partial charge on any atom is 0.217 e. The summed E-state index contributed by atoms with van der Waals surface area (Å²) in [6.07, 6.45) is -3.64. The number of carbonyl (C=O) groups is 1. The van der Waals surface area contributed by atoms with E-state index in [1.54, 1.807) is 6.92 Å². The lowest BCUT2D eigenvalue weighted by atomic mass is 9.94. The van der Waals surface area contributed by atoms with Crippen molar-refractivity contribution in [3.05, 3.63) is 35.9 Å². The summed E-state index contributed by atoms with van der Waals surface area (Å²) < 4.78 is 36.8. The molecule has 1 aromatic rings. The van der Waals surface area contributed by atoms with E-state index in [1.807, 2.05) is 30.3 Å². The van der Waals surface area contributed by atoms with Crippen molar-refractivity contribution in [3.63, 3.8) is 0 Å². The van der Waals surface area contributed by atoms with Gasteiger partial charge in [0.2, 0.25) is 5.91 Å². The van der Waals surface area contributed by atoms with E-state index in [1.165, 1.54) is 26.2 Å². The van der Waals surface area contributed by atoms with Crippen LogP contribution in [0.1, 0.15) is 71.1 Å². The largest absolute Gasteiger partial charge is 0.388 e. The molecule has 3 saturated heterocycles. The fraction of sp³-hybridized carbons (Fsp3) is 0.759. The molecule has 3 heterocycles. The van der Waals surface area contributed by atoms with Gasteiger partial charge in [-0.1, -0.05) is 69.4 Å². The van der Waals surface area contributed by atoms with Crippen molar-refractivity contribution in [1.29, 1.82) is 0 Å². The van der Waals surface area contributed by atoms with E-state index >= 15 is 0 Å². The maximum atomic E-state index is 12.3. The average molecular weight is 568 g/mol. The number of unbranched alkanes of at least 4 members (excludes halogenated alkanes) is 5. The number of amides is 1. The van der Waals surface area contributed by atoms with Crippen LogP contribution in [0.25, 0.3) is 0 Å². The van der Waals surface area contributed by atoms with Crippen molar-refractivity contribution < 1.29 is 48.5 Å². The van der Waals surface area contributed by atoms with Gasteiger partial charge in [0.1, 0.15) is 42.7 Å². The zero-order chi connectivity index (χ0) is 28.6. The van der Waals surface area contributed by atoms with E-state index in [-0.39, 0.29) is 12.5 Å². The Labute approximate surface area is 236 Å². The summed E-state index contributed by atoms with van der Waals surface area (Å²) in [6, 6.07) is 8.61. The van der Waals surface area contributed by atoms with Crippen LogP contribution in [-0.2, 0) is 33.2 Å². The second kappa shape index (κ2) is 15.0. The minimum atomic E-state index is -1.53. The van der Waals surface area contributed by atoms with Crippen LogP contribution in [0.15, 0.2) is 30.3 Å². The van der Waals surface area contributed by atoms with Crippen molar-refractivity contribution in [2.24, 2.45) is 0 Å². The Morgan fingerprint density at radius 2 is 1.68 bits per heavy atom. The summed E-state index contributed by atoms with van der Waals surface area (Å²) in [6.45, 7) is 5.76. The number of hydrogen-bond acceptors (Lipinski definition) is 10. The van der Waals surface area contributed by atoms with Crippen LogP contribution < -0.4 is 5.32 Å². The smallest absolute Gasteiger partial charge is 0.217 e. The third kappa shape index (κ3) is 7.78. The van der Waals surface area contributed by atoms with Crippen LogP contribution in [-0.4, -0.2) is 95.8 Å². The van der Waals surface area contributed by atoms with Crippen LogP contribution in [0.2, 0.25) is 0 Å². The molecule has 3 fully saturated rings. The Kier molecular flexibility index (Phi) is 11.7. The van der Waals surface area contributed by atoms with Crippen molar-refractivity contribution in [3.8, 4) is 0 Å². The number of ether oxygens (including phenoxy) is 6. The van der Waals surface area contributed by atoms with Gasteiger partial charge in [-0.15, -0.1) is 0 Å². The van der Waals surface area contributed by atoms with E-state index in [9.17, 15) is 20.1 Å². The van der Waals surface area contributed by atoms with Crippen LogP contribution in [0.4, 0.5) is 0 Å². The Balaban J connectivity index is 1.54. The summed E-state index contributed by atoms with van der Waals surface area (Å²) in [7, 11) is 0. The second-order valence-corrected chi connectivity index (χ2v) is 10.9. The Morgan fingerprint density at radius 1 is 0.950 bits per heavy atom. The average Bonchev–Trinajstić information content (AvgIpc) is 2.95. The predicted molar refractivity (Wildman–Crippen MR) is 143 cm³/mol. The molecule has 0 aromatic heterocycles. The first-order chi connectivity index (χ1) is 19.3. The van der Waals surface area contributed by atoms with Gasteiger partial charge < -0.3 is 49.1 Å². The van der Waals surface area contributed by atoms with Gasteiger partial charge >= 0.3 is 0 Å². The Morgan fingerprint density at radius 3 is 2.40 bits per heavy atom. The summed E-state index contributed by atoms with van der Waals surface area (Å²) in [5.74, 6) is -0.325. The van der Waals surface area contributed by atoms with Gasteiger partial charge in [0.25, 0.3) is 0 Å². The lowest BCUT2D eigenvalue weighted by molar-refractivity contribution is -0.376. The molecule has 0 unspecified atom stereocenters. The van der Waals surface area contributed by atoms with E-state index in [0.29, 0.717) is 6.61 Å². The van der Waals surface area contributed by atoms with Crippen molar-refractivity contribution in [2.45, 2.75) is 127 Å². The number of benzene rings is 1. The summed E-state index contributed by atoms with van der Waals surface area (Å²) in [5.41, 5.74) is 0.804. The van der Waals surface area contributed by atoms with E-state index in [0.717, 1.165) is 24.8 Å². The SMILES string of the molecule is CCCCCCCCO[C@@H]1O[C@@H]2CO[C@@H](c3ccccc3)O[C@H]2[C@H](O[C@@H]2O[C@@H](C)[C@@H](O)[C@@H](O)[C@@H]2O)[C@H]1NC(C)=O. The van der Waals surface area contributed by atoms with Crippen LogP contribution in [0.3, 0.4) is 0 Å². The minimum absolute atomic E-state index is 0.180. The Hall–Kier alpha value is -1.67. The number of hydrogen-bond donors (Lipinski definition) is 4. The fourth-order valence-corrected chi connectivity index (χ4v) is 5.41. The third-order valence-corrected chi connectivity index (χ3v) is 7.66. The molecule has 0 bridgehead atoms. The quantitative estimate of drug-likeness (QED) is 0.277. The topological polar surface area (TPSA) is 145 Å². The van der Waals surface area contributed by atoms with Crippen molar-refractivity contribution >= 4 is 5.91 Å². The highest BCUT2D eigenvalue weighted by molar-refractivity contribution is 5.73. The summed E-state index contributed by atoms with van der Waals surface area (Å²) in [4.78, 5) is 12.3. The molecule has 0 saturated carbocycles. The van der Waals surface area contributed by atoms with Crippen LogP contribution >= 0.6 is 0 Å². The molecular weight excluding hydrogens is 522 g/mol. The highest BCUT2D eigenvalue weighted by atomic mass is 16.8. The number of aliphatic hydroxyl groups excluding tert-OH is 3. The monoisotopic (exact) mass is 567 g/mol. The van der Waals surface area contributed by atoms with Gasteiger partial charge in [-0.2, -0.15) is 0 Å². The molecule has 1 aromatic carbocycles. The normalized spacial score (nSPS) is 38.0. The molecule has 11 heteroatoms. The summed E-state index contributed by atoms with van der Waals surface area (Å²) in [5, 5.41) is 34.1. The van der Waals surface area contributed by atoms with Crippen LogP contribution in [0, 0.1) is 0 Å². The van der Waals surface area contributed by atoms with Crippen molar-refractivity contribution in [1.82, 2.24) is 5.32 Å². The molecule has 226 valence electrons. The molecule has 4 N–H and O–H groups in total. The van der Waals surface area contributed by atoms with Gasteiger partial charge in [-0.3, -0.25) is 4.79 Å². The highest BCUT2D eigenvalue weighted by Gasteiger charge is 2.54. The molecule has 40 heavy (non-hydrogen) atoms. The third-order valence-electron chi connectivity index (χ3n) is 7.66. The number of aliphatic hydroxyl groups is 3. The van der Waals surface area contributed by atoms with E-state index in [4.69, 9.17) is 28.4 Å². The number of nitrogens with one attached hydrogen (secondary N) is 1. The zero-order valence-electron chi connectivity index (χ0n) is 23.6. The first-order valence-corrected chi connectivity index (χ1v) is 14.5. The number of fused-ring (bicyclic) bond motifs is 1. The van der Waals surface area contributed by atoms with E-state index in [2.05, 4.69) is 12.2 Å². The second-order valence-electron chi connectivity index (χ2n) is 10.9. The molecule has 0 spiro atoms. The number of carbonyl (C=O) groups excluding carboxylic acids is 1. The molecule has 3 aliphatic rings.